The summed E-state index contributed by atoms with van der Waals surface area (Å²) in [5.74, 6) is -0.247. The molecule has 2 fully saturated rings. The number of nitrogens with zero attached hydrogens (tertiary/aromatic N) is 1. The molecule has 1 aliphatic carbocycles. The van der Waals surface area contributed by atoms with Gasteiger partial charge in [0.15, 0.2) is 0 Å². The first kappa shape index (κ1) is 19.9. The van der Waals surface area contributed by atoms with Crippen molar-refractivity contribution in [3.8, 4) is 0 Å². The van der Waals surface area contributed by atoms with Crippen LogP contribution in [0.15, 0.2) is 30.3 Å². The molecule has 3 rings (SSSR count). The fourth-order valence-corrected chi connectivity index (χ4v) is 4.97. The summed E-state index contributed by atoms with van der Waals surface area (Å²) in [5, 5.41) is 3.20. The summed E-state index contributed by atoms with van der Waals surface area (Å²) < 4.78 is 23.2. The highest BCUT2D eigenvalue weighted by molar-refractivity contribution is 7.91. The Hall–Kier alpha value is -1.86. The van der Waals surface area contributed by atoms with E-state index in [0.29, 0.717) is 17.9 Å². The first-order chi connectivity index (χ1) is 12.8. The number of halogens is 1. The molecule has 1 aliphatic heterocycles. The normalized spacial score (nSPS) is 19.7. The lowest BCUT2D eigenvalue weighted by Crippen LogP contribution is -2.49. The molecule has 0 radical (unpaired) electrons. The van der Waals surface area contributed by atoms with Crippen LogP contribution in [0.2, 0.25) is 5.02 Å². The zero-order chi connectivity index (χ0) is 19.4. The first-order valence-electron chi connectivity index (χ1n) is 9.07. The smallest absolute Gasteiger partial charge is 0.244 e. The van der Waals surface area contributed by atoms with Crippen LogP contribution in [0.1, 0.15) is 31.2 Å². The van der Waals surface area contributed by atoms with Crippen LogP contribution in [-0.2, 0) is 19.4 Å². The van der Waals surface area contributed by atoms with Gasteiger partial charge in [-0.2, -0.15) is 0 Å². The highest BCUT2D eigenvalue weighted by Gasteiger charge is 2.39. The van der Waals surface area contributed by atoms with E-state index >= 15 is 0 Å². The van der Waals surface area contributed by atoms with Crippen LogP contribution in [0.25, 0.3) is 6.08 Å². The van der Waals surface area contributed by atoms with E-state index in [2.05, 4.69) is 5.32 Å². The van der Waals surface area contributed by atoms with Gasteiger partial charge in [-0.25, -0.2) is 8.42 Å². The number of hydrogen-bond donors (Lipinski definition) is 1. The van der Waals surface area contributed by atoms with E-state index in [9.17, 15) is 18.0 Å². The summed E-state index contributed by atoms with van der Waals surface area (Å²) in [6.45, 7) is -0.0849. The van der Waals surface area contributed by atoms with E-state index in [-0.39, 0.29) is 41.9 Å². The van der Waals surface area contributed by atoms with Gasteiger partial charge in [0.1, 0.15) is 9.84 Å². The molecule has 0 bridgehead atoms. The minimum Gasteiger partial charge on any atom is -0.343 e. The molecule has 2 aliphatic rings. The van der Waals surface area contributed by atoms with Gasteiger partial charge >= 0.3 is 0 Å². The number of hydrogen-bond acceptors (Lipinski definition) is 4. The highest BCUT2D eigenvalue weighted by atomic mass is 35.5. The lowest BCUT2D eigenvalue weighted by molar-refractivity contribution is -0.135. The largest absolute Gasteiger partial charge is 0.343 e. The first-order valence-corrected chi connectivity index (χ1v) is 11.3. The van der Waals surface area contributed by atoms with Gasteiger partial charge in [-0.15, -0.1) is 0 Å². The third-order valence-corrected chi connectivity index (χ3v) is 6.79. The van der Waals surface area contributed by atoms with Gasteiger partial charge in [-0.1, -0.05) is 23.7 Å². The van der Waals surface area contributed by atoms with Crippen molar-refractivity contribution in [1.82, 2.24) is 10.2 Å². The summed E-state index contributed by atoms with van der Waals surface area (Å²) in [6.07, 6.45) is 5.85. The monoisotopic (exact) mass is 410 g/mol. The average molecular weight is 411 g/mol. The van der Waals surface area contributed by atoms with Crippen molar-refractivity contribution in [2.24, 2.45) is 0 Å². The molecule has 0 unspecified atom stereocenters. The predicted octanol–water partition coefficient (Wildman–Crippen LogP) is 2.04. The van der Waals surface area contributed by atoms with E-state index in [1.165, 1.54) is 6.08 Å². The van der Waals surface area contributed by atoms with E-state index < -0.39 is 9.84 Å². The standard InChI is InChI=1S/C19H23ClN2O4S/c20-15-3-1-2-14(12-15)4-7-18(23)21-13-19(24)22(16-5-6-16)17-8-10-27(25,26)11-9-17/h1-4,7,12,16-17H,5-6,8-11,13H2,(H,21,23). The number of nitrogens with one attached hydrogen (secondary N) is 1. The van der Waals surface area contributed by atoms with Crippen molar-refractivity contribution in [3.05, 3.63) is 40.9 Å². The number of benzene rings is 1. The van der Waals surface area contributed by atoms with Crippen molar-refractivity contribution in [2.75, 3.05) is 18.1 Å². The molecule has 8 heteroatoms. The second-order valence-corrected chi connectivity index (χ2v) is 9.76. The molecule has 1 N–H and O–H groups in total. The Morgan fingerprint density at radius 2 is 1.81 bits per heavy atom. The Kier molecular flexibility index (Phi) is 6.22. The molecule has 0 aromatic heterocycles. The molecule has 0 atom stereocenters. The highest BCUT2D eigenvalue weighted by Crippen LogP contribution is 2.32. The molecule has 6 nitrogen and oxygen atoms in total. The summed E-state index contributed by atoms with van der Waals surface area (Å²) in [7, 11) is -2.97. The van der Waals surface area contributed by atoms with Gasteiger partial charge in [0.05, 0.1) is 18.1 Å². The number of sulfone groups is 1. The maximum absolute atomic E-state index is 12.6. The Labute approximate surface area is 164 Å². The van der Waals surface area contributed by atoms with Crippen molar-refractivity contribution in [1.29, 1.82) is 0 Å². The molecule has 0 spiro atoms. The molecular weight excluding hydrogens is 388 g/mol. The third-order valence-electron chi connectivity index (χ3n) is 4.84. The fourth-order valence-electron chi connectivity index (χ4n) is 3.31. The Morgan fingerprint density at radius 3 is 2.44 bits per heavy atom. The van der Waals surface area contributed by atoms with Gasteiger partial charge in [0.2, 0.25) is 11.8 Å². The number of carbonyl (C=O) groups is 2. The third kappa shape index (κ3) is 5.81. The minimum atomic E-state index is -2.97. The Balaban J connectivity index is 1.53. The summed E-state index contributed by atoms with van der Waals surface area (Å²) in [4.78, 5) is 26.4. The van der Waals surface area contributed by atoms with Gasteiger partial charge < -0.3 is 10.2 Å². The van der Waals surface area contributed by atoms with E-state index in [1.807, 2.05) is 6.07 Å². The van der Waals surface area contributed by atoms with Crippen LogP contribution < -0.4 is 5.32 Å². The van der Waals surface area contributed by atoms with E-state index in [0.717, 1.165) is 18.4 Å². The van der Waals surface area contributed by atoms with Gasteiger partial charge in [0, 0.05) is 23.2 Å². The quantitative estimate of drug-likeness (QED) is 0.727. The molecule has 1 saturated carbocycles. The van der Waals surface area contributed by atoms with Crippen molar-refractivity contribution in [3.63, 3.8) is 0 Å². The van der Waals surface area contributed by atoms with Crippen LogP contribution in [0.3, 0.4) is 0 Å². The molecule has 1 aromatic carbocycles. The van der Waals surface area contributed by atoms with Crippen LogP contribution in [0, 0.1) is 0 Å². The number of amides is 2. The zero-order valence-corrected chi connectivity index (χ0v) is 16.5. The van der Waals surface area contributed by atoms with Crippen molar-refractivity contribution in [2.45, 2.75) is 37.8 Å². The van der Waals surface area contributed by atoms with Gasteiger partial charge in [0.25, 0.3) is 0 Å². The van der Waals surface area contributed by atoms with Crippen molar-refractivity contribution >= 4 is 39.3 Å². The Morgan fingerprint density at radius 1 is 1.15 bits per heavy atom. The molecule has 1 heterocycles. The molecule has 1 aromatic rings. The Bertz CT molecular complexity index is 835. The molecule has 146 valence electrons. The average Bonchev–Trinajstić information content (AvgIpc) is 3.45. The van der Waals surface area contributed by atoms with Crippen LogP contribution in [-0.4, -0.2) is 55.3 Å². The number of carbonyl (C=O) groups excluding carboxylic acids is 2. The van der Waals surface area contributed by atoms with Crippen LogP contribution in [0.5, 0.6) is 0 Å². The lowest BCUT2D eigenvalue weighted by Gasteiger charge is -2.34. The number of rotatable bonds is 6. The van der Waals surface area contributed by atoms with Gasteiger partial charge in [-0.3, -0.25) is 9.59 Å². The molecule has 27 heavy (non-hydrogen) atoms. The second-order valence-electron chi connectivity index (χ2n) is 7.02. The molecule has 2 amide bonds. The molecular formula is C19H23ClN2O4S. The zero-order valence-electron chi connectivity index (χ0n) is 14.9. The van der Waals surface area contributed by atoms with Crippen molar-refractivity contribution < 1.29 is 18.0 Å². The topological polar surface area (TPSA) is 83.6 Å². The maximum atomic E-state index is 12.6. The van der Waals surface area contributed by atoms with E-state index in [4.69, 9.17) is 11.6 Å². The van der Waals surface area contributed by atoms with E-state index in [1.54, 1.807) is 29.2 Å². The minimum absolute atomic E-state index is 0.0487. The van der Waals surface area contributed by atoms with Crippen LogP contribution in [0.4, 0.5) is 0 Å². The van der Waals surface area contributed by atoms with Crippen LogP contribution >= 0.6 is 11.6 Å². The predicted molar refractivity (Wildman–Crippen MR) is 105 cm³/mol. The second kappa shape index (κ2) is 8.44. The summed E-state index contributed by atoms with van der Waals surface area (Å²) >= 11 is 5.90. The van der Waals surface area contributed by atoms with Gasteiger partial charge in [-0.05, 0) is 49.5 Å². The molecule has 1 saturated heterocycles. The fraction of sp³-hybridized carbons (Fsp3) is 0.474. The lowest BCUT2D eigenvalue weighted by atomic mass is 10.1. The summed E-state index contributed by atoms with van der Waals surface area (Å²) in [6, 6.07) is 7.24. The maximum Gasteiger partial charge on any atom is 0.244 e. The SMILES string of the molecule is O=C(C=Cc1cccc(Cl)c1)NCC(=O)N(C1CC1)C1CCS(=O)(=O)CC1. The summed E-state index contributed by atoms with van der Waals surface area (Å²) in [5.41, 5.74) is 0.798.